The summed E-state index contributed by atoms with van der Waals surface area (Å²) < 4.78 is 38.8. The van der Waals surface area contributed by atoms with Crippen molar-refractivity contribution in [1.29, 1.82) is 0 Å². The Kier molecular flexibility index (Phi) is 7.22. The van der Waals surface area contributed by atoms with Crippen LogP contribution in [0.4, 0.5) is 5.82 Å². The molecule has 188 valence electrons. The summed E-state index contributed by atoms with van der Waals surface area (Å²) in [6, 6.07) is 18.3. The lowest BCUT2D eigenvalue weighted by Crippen LogP contribution is -2.36. The second-order valence-electron chi connectivity index (χ2n) is 9.13. The van der Waals surface area contributed by atoms with Gasteiger partial charge in [0.1, 0.15) is 10.5 Å². The van der Waals surface area contributed by atoms with E-state index in [-0.39, 0.29) is 12.2 Å². The van der Waals surface area contributed by atoms with Gasteiger partial charge in [0, 0.05) is 43.0 Å². The summed E-state index contributed by atoms with van der Waals surface area (Å²) in [4.78, 5) is 2.44. The molecule has 4 aromatic rings. The molecule has 9 heteroatoms. The van der Waals surface area contributed by atoms with Gasteiger partial charge in [0.15, 0.2) is 6.54 Å². The molecule has 5 rings (SSSR count). The molecule has 0 unspecified atom stereocenters. The van der Waals surface area contributed by atoms with Gasteiger partial charge in [0.2, 0.25) is 5.52 Å². The molecular weight excluding hydrogens is 492 g/mol. The van der Waals surface area contributed by atoms with Crippen molar-refractivity contribution in [2.45, 2.75) is 39.2 Å². The first-order chi connectivity index (χ1) is 17.4. The second-order valence-corrected chi connectivity index (χ2v) is 11.7. The maximum absolute atomic E-state index is 11.2. The Labute approximate surface area is 216 Å². The van der Waals surface area contributed by atoms with Crippen LogP contribution in [0, 0.1) is 6.92 Å². The van der Waals surface area contributed by atoms with Crippen molar-refractivity contribution in [2.24, 2.45) is 0 Å². The lowest BCUT2D eigenvalue weighted by Gasteiger charge is -2.29. The predicted molar refractivity (Wildman–Crippen MR) is 144 cm³/mol. The normalized spacial score (nSPS) is 14.8. The van der Waals surface area contributed by atoms with E-state index in [4.69, 9.17) is 5.10 Å². The molecule has 36 heavy (non-hydrogen) atoms. The standard InChI is InChI=1S/C27H30N4O3S2/c1-21-23(27(29-17-8-3-9-18-29)31(28-21)22-11-4-2-5-12-22)15-16-26-30(19-10-20-36(32,33)34)24-13-6-7-14-25(24)35-26/h2,4-7,11-16H,3,8-10,17-20H2,1H3. The second kappa shape index (κ2) is 10.5. The third-order valence-electron chi connectivity index (χ3n) is 6.54. The molecule has 1 fully saturated rings. The zero-order valence-corrected chi connectivity index (χ0v) is 22.0. The summed E-state index contributed by atoms with van der Waals surface area (Å²) in [6.45, 7) is 4.52. The molecule has 0 spiro atoms. The van der Waals surface area contributed by atoms with Gasteiger partial charge in [0.05, 0.1) is 21.5 Å². The number of hydrogen-bond donors (Lipinski definition) is 0. The summed E-state index contributed by atoms with van der Waals surface area (Å²) in [7, 11) is -4.24. The summed E-state index contributed by atoms with van der Waals surface area (Å²) >= 11 is 1.66. The van der Waals surface area contributed by atoms with E-state index in [0.717, 1.165) is 51.1 Å². The van der Waals surface area contributed by atoms with E-state index in [9.17, 15) is 13.0 Å². The SMILES string of the molecule is Cc1nn(-c2ccccc2)c(N2CCCCC2)c1C=Cc1sc2ccccc2[n+]1CCCS(=O)(=O)[O-]. The van der Waals surface area contributed by atoms with Crippen LogP contribution in [0.3, 0.4) is 0 Å². The van der Waals surface area contributed by atoms with Crippen LogP contribution in [-0.4, -0.2) is 41.6 Å². The van der Waals surface area contributed by atoms with Crippen molar-refractivity contribution < 1.29 is 17.5 Å². The van der Waals surface area contributed by atoms with E-state index in [1.165, 1.54) is 19.3 Å². The van der Waals surface area contributed by atoms with E-state index in [1.54, 1.807) is 11.3 Å². The van der Waals surface area contributed by atoms with E-state index in [2.05, 4.69) is 44.5 Å². The van der Waals surface area contributed by atoms with Crippen molar-refractivity contribution in [2.75, 3.05) is 23.7 Å². The van der Waals surface area contributed by atoms with Gasteiger partial charge in [-0.2, -0.15) is 9.67 Å². The first-order valence-electron chi connectivity index (χ1n) is 12.3. The topological polar surface area (TPSA) is 82.1 Å². The maximum Gasteiger partial charge on any atom is 0.262 e. The number of aromatic nitrogens is 3. The Morgan fingerprint density at radius 2 is 1.75 bits per heavy atom. The molecule has 7 nitrogen and oxygen atoms in total. The molecule has 2 aromatic carbocycles. The first-order valence-corrected chi connectivity index (χ1v) is 14.7. The molecule has 2 aromatic heterocycles. The zero-order chi connectivity index (χ0) is 25.1. The number of nitrogens with zero attached hydrogens (tertiary/aromatic N) is 4. The number of piperidine rings is 1. The monoisotopic (exact) mass is 522 g/mol. The Bertz CT molecular complexity index is 1480. The molecule has 0 saturated carbocycles. The molecule has 0 atom stereocenters. The van der Waals surface area contributed by atoms with Gasteiger partial charge in [-0.25, -0.2) is 13.1 Å². The minimum absolute atomic E-state index is 0.280. The fourth-order valence-corrected chi connectivity index (χ4v) is 6.42. The summed E-state index contributed by atoms with van der Waals surface area (Å²) in [5.74, 6) is 0.745. The quantitative estimate of drug-likeness (QED) is 0.246. The van der Waals surface area contributed by atoms with E-state index in [0.29, 0.717) is 6.54 Å². The van der Waals surface area contributed by atoms with Crippen molar-refractivity contribution in [3.8, 4) is 5.69 Å². The molecule has 0 bridgehead atoms. The Balaban J connectivity index is 1.55. The average molecular weight is 523 g/mol. The lowest BCUT2D eigenvalue weighted by atomic mass is 10.1. The van der Waals surface area contributed by atoms with Crippen molar-refractivity contribution >= 4 is 49.6 Å². The fraction of sp³-hybridized carbons (Fsp3) is 0.333. The lowest BCUT2D eigenvalue weighted by molar-refractivity contribution is -0.668. The average Bonchev–Trinajstić information content (AvgIpc) is 3.40. The highest BCUT2D eigenvalue weighted by Gasteiger charge is 2.23. The number of para-hydroxylation sites is 2. The Morgan fingerprint density at radius 3 is 2.50 bits per heavy atom. The van der Waals surface area contributed by atoms with Crippen LogP contribution in [0.15, 0.2) is 54.6 Å². The third kappa shape index (κ3) is 5.38. The first kappa shape index (κ1) is 24.7. The highest BCUT2D eigenvalue weighted by atomic mass is 32.2. The van der Waals surface area contributed by atoms with Crippen molar-refractivity contribution in [3.63, 3.8) is 0 Å². The largest absolute Gasteiger partial charge is 0.748 e. The molecule has 1 saturated heterocycles. The van der Waals surface area contributed by atoms with Gasteiger partial charge < -0.3 is 9.45 Å². The number of rotatable bonds is 8. The smallest absolute Gasteiger partial charge is 0.262 e. The molecule has 3 heterocycles. The van der Waals surface area contributed by atoms with E-state index in [1.807, 2.05) is 43.3 Å². The summed E-state index contributed by atoms with van der Waals surface area (Å²) in [5, 5.41) is 5.94. The molecule has 0 aliphatic carbocycles. The zero-order valence-electron chi connectivity index (χ0n) is 20.3. The number of anilines is 1. The number of hydrogen-bond acceptors (Lipinski definition) is 6. The van der Waals surface area contributed by atoms with Crippen LogP contribution >= 0.6 is 11.3 Å². The van der Waals surface area contributed by atoms with Crippen molar-refractivity contribution in [1.82, 2.24) is 9.78 Å². The van der Waals surface area contributed by atoms with Crippen LogP contribution in [0.25, 0.3) is 28.1 Å². The fourth-order valence-electron chi connectivity index (χ4n) is 4.84. The maximum atomic E-state index is 11.2. The van der Waals surface area contributed by atoms with Gasteiger partial charge >= 0.3 is 0 Å². The summed E-state index contributed by atoms with van der Waals surface area (Å²) in [5.41, 5.74) is 4.13. The van der Waals surface area contributed by atoms with Gasteiger partial charge in [-0.3, -0.25) is 0 Å². The van der Waals surface area contributed by atoms with Gasteiger partial charge in [-0.1, -0.05) is 41.7 Å². The van der Waals surface area contributed by atoms with Crippen molar-refractivity contribution in [3.05, 3.63) is 70.9 Å². The van der Waals surface area contributed by atoms with Crippen LogP contribution in [0.2, 0.25) is 0 Å². The highest BCUT2D eigenvalue weighted by molar-refractivity contribution is 7.85. The van der Waals surface area contributed by atoms with Crippen LogP contribution in [-0.2, 0) is 16.7 Å². The van der Waals surface area contributed by atoms with Gasteiger partial charge in [0.25, 0.3) is 5.01 Å². The number of fused-ring (bicyclic) bond motifs is 1. The molecule has 0 amide bonds. The highest BCUT2D eigenvalue weighted by Crippen LogP contribution is 2.32. The molecule has 0 radical (unpaired) electrons. The van der Waals surface area contributed by atoms with Crippen LogP contribution in [0.1, 0.15) is 41.9 Å². The number of aryl methyl sites for hydroxylation is 2. The van der Waals surface area contributed by atoms with Crippen LogP contribution < -0.4 is 9.47 Å². The van der Waals surface area contributed by atoms with Gasteiger partial charge in [-0.15, -0.1) is 0 Å². The molecule has 0 N–H and O–H groups in total. The molecule has 1 aliphatic rings. The Morgan fingerprint density at radius 1 is 1.03 bits per heavy atom. The summed E-state index contributed by atoms with van der Waals surface area (Å²) in [6.07, 6.45) is 8.10. The molecular formula is C27H30N4O3S2. The predicted octanol–water partition coefficient (Wildman–Crippen LogP) is 4.78. The minimum atomic E-state index is -4.24. The Hall–Kier alpha value is -3.01. The molecule has 1 aliphatic heterocycles. The number of benzene rings is 2. The third-order valence-corrected chi connectivity index (χ3v) is 8.46. The van der Waals surface area contributed by atoms with E-state index >= 15 is 0 Å². The van der Waals surface area contributed by atoms with Crippen LogP contribution in [0.5, 0.6) is 0 Å². The minimum Gasteiger partial charge on any atom is -0.748 e. The van der Waals surface area contributed by atoms with Gasteiger partial charge in [-0.05, 0) is 50.5 Å². The number of thiazole rings is 1. The van der Waals surface area contributed by atoms with E-state index < -0.39 is 10.1 Å².